The molecular formula is C25H21N3O2S. The van der Waals surface area contributed by atoms with Gasteiger partial charge in [-0.3, -0.25) is 4.79 Å². The number of amides is 1. The zero-order valence-corrected chi connectivity index (χ0v) is 17.6. The van der Waals surface area contributed by atoms with Gasteiger partial charge < -0.3 is 10.1 Å². The molecule has 1 atom stereocenters. The number of carbonyl (C=O) groups is 1. The number of nitrogens with zero attached hydrogens (tertiary/aromatic N) is 2. The van der Waals surface area contributed by atoms with Crippen molar-refractivity contribution in [3.8, 4) is 17.0 Å². The Kier molecular flexibility index (Phi) is 5.54. The second-order valence-corrected chi connectivity index (χ2v) is 8.31. The van der Waals surface area contributed by atoms with Crippen LogP contribution in [0.1, 0.15) is 18.0 Å². The highest BCUT2D eigenvalue weighted by Gasteiger charge is 2.23. The Hall–Kier alpha value is -3.38. The van der Waals surface area contributed by atoms with Crippen LogP contribution in [0.5, 0.6) is 5.75 Å². The van der Waals surface area contributed by atoms with E-state index in [-0.39, 0.29) is 17.7 Å². The molecule has 1 aromatic heterocycles. The molecule has 31 heavy (non-hydrogen) atoms. The Morgan fingerprint density at radius 1 is 0.935 bits per heavy atom. The van der Waals surface area contributed by atoms with Crippen LogP contribution in [-0.4, -0.2) is 28.5 Å². The topological polar surface area (TPSA) is 64.1 Å². The van der Waals surface area contributed by atoms with Crippen molar-refractivity contribution in [1.82, 2.24) is 15.5 Å². The average molecular weight is 428 g/mol. The fraction of sp³-hybridized carbons (Fsp3) is 0.160. The van der Waals surface area contributed by atoms with Gasteiger partial charge in [-0.1, -0.05) is 84.6 Å². The number of aromatic nitrogens is 2. The SMILES string of the molecule is O=C(CSc1nnc(-c2ccccc2)c2ccccc12)N[C@H]1CCOc2ccccc21. The molecule has 2 heterocycles. The van der Waals surface area contributed by atoms with Crippen molar-refractivity contribution in [2.24, 2.45) is 0 Å². The molecule has 0 unspecified atom stereocenters. The number of para-hydroxylation sites is 1. The summed E-state index contributed by atoms with van der Waals surface area (Å²) >= 11 is 1.41. The normalized spacial score (nSPS) is 15.2. The molecule has 5 nitrogen and oxygen atoms in total. The molecule has 0 aliphatic carbocycles. The van der Waals surface area contributed by atoms with Crippen LogP contribution in [0.2, 0.25) is 0 Å². The van der Waals surface area contributed by atoms with E-state index in [2.05, 4.69) is 21.6 Å². The first kappa shape index (κ1) is 19.6. The Morgan fingerprint density at radius 3 is 2.55 bits per heavy atom. The highest BCUT2D eigenvalue weighted by molar-refractivity contribution is 8.00. The van der Waals surface area contributed by atoms with Crippen LogP contribution in [0.25, 0.3) is 22.0 Å². The summed E-state index contributed by atoms with van der Waals surface area (Å²) in [6, 6.07) is 25.9. The van der Waals surface area contributed by atoms with Gasteiger partial charge in [-0.05, 0) is 6.07 Å². The molecule has 4 aromatic rings. The molecule has 6 heteroatoms. The number of rotatable bonds is 5. The third kappa shape index (κ3) is 4.11. The van der Waals surface area contributed by atoms with Crippen molar-refractivity contribution in [3.05, 3.63) is 84.4 Å². The van der Waals surface area contributed by atoms with Gasteiger partial charge in [0.05, 0.1) is 18.4 Å². The number of thioether (sulfide) groups is 1. The van der Waals surface area contributed by atoms with E-state index in [1.54, 1.807) is 0 Å². The van der Waals surface area contributed by atoms with Crippen LogP contribution in [-0.2, 0) is 4.79 Å². The summed E-state index contributed by atoms with van der Waals surface area (Å²) in [6.45, 7) is 0.603. The predicted molar refractivity (Wildman–Crippen MR) is 123 cm³/mol. The molecule has 0 spiro atoms. The number of nitrogens with one attached hydrogen (secondary N) is 1. The fourth-order valence-electron chi connectivity index (χ4n) is 3.86. The second-order valence-electron chi connectivity index (χ2n) is 7.35. The maximum absolute atomic E-state index is 12.7. The molecule has 3 aromatic carbocycles. The summed E-state index contributed by atoms with van der Waals surface area (Å²) in [5.41, 5.74) is 2.91. The van der Waals surface area contributed by atoms with Crippen LogP contribution in [0, 0.1) is 0 Å². The lowest BCUT2D eigenvalue weighted by molar-refractivity contribution is -0.119. The van der Waals surface area contributed by atoms with Gasteiger partial charge in [0, 0.05) is 28.3 Å². The Balaban J connectivity index is 1.33. The van der Waals surface area contributed by atoms with Gasteiger partial charge in [0.25, 0.3) is 0 Å². The van der Waals surface area contributed by atoms with Crippen LogP contribution < -0.4 is 10.1 Å². The van der Waals surface area contributed by atoms with Gasteiger partial charge in [0.2, 0.25) is 5.91 Å². The van der Waals surface area contributed by atoms with E-state index in [1.807, 2.05) is 72.8 Å². The molecule has 0 saturated carbocycles. The summed E-state index contributed by atoms with van der Waals surface area (Å²) in [7, 11) is 0. The van der Waals surface area contributed by atoms with Crippen molar-refractivity contribution in [2.45, 2.75) is 17.5 Å². The summed E-state index contributed by atoms with van der Waals surface area (Å²) in [4.78, 5) is 12.7. The van der Waals surface area contributed by atoms with E-state index >= 15 is 0 Å². The lowest BCUT2D eigenvalue weighted by Crippen LogP contribution is -2.33. The van der Waals surface area contributed by atoms with Gasteiger partial charge in [-0.25, -0.2) is 0 Å². The lowest BCUT2D eigenvalue weighted by Gasteiger charge is -2.26. The Labute approximate surface area is 184 Å². The van der Waals surface area contributed by atoms with Crippen molar-refractivity contribution in [2.75, 3.05) is 12.4 Å². The minimum absolute atomic E-state index is 0.0234. The fourth-order valence-corrected chi connectivity index (χ4v) is 4.64. The maximum Gasteiger partial charge on any atom is 0.230 e. The zero-order valence-electron chi connectivity index (χ0n) is 16.8. The largest absolute Gasteiger partial charge is 0.493 e. The monoisotopic (exact) mass is 427 g/mol. The summed E-state index contributed by atoms with van der Waals surface area (Å²) in [6.07, 6.45) is 0.766. The number of benzene rings is 3. The summed E-state index contributed by atoms with van der Waals surface area (Å²) < 4.78 is 5.69. The Bertz CT molecular complexity index is 1230. The zero-order chi connectivity index (χ0) is 21.0. The number of hydrogen-bond donors (Lipinski definition) is 1. The van der Waals surface area contributed by atoms with Gasteiger partial charge in [0.15, 0.2) is 0 Å². The smallest absolute Gasteiger partial charge is 0.230 e. The van der Waals surface area contributed by atoms with Crippen molar-refractivity contribution < 1.29 is 9.53 Å². The number of hydrogen-bond acceptors (Lipinski definition) is 5. The first-order chi connectivity index (χ1) is 15.3. The first-order valence-electron chi connectivity index (χ1n) is 10.2. The number of ether oxygens (including phenoxy) is 1. The van der Waals surface area contributed by atoms with E-state index in [0.29, 0.717) is 6.61 Å². The lowest BCUT2D eigenvalue weighted by atomic mass is 10.0. The summed E-state index contributed by atoms with van der Waals surface area (Å²) in [5.74, 6) is 1.10. The molecule has 5 rings (SSSR count). The minimum Gasteiger partial charge on any atom is -0.493 e. The predicted octanol–water partition coefficient (Wildman–Crippen LogP) is 5.03. The van der Waals surface area contributed by atoms with Crippen molar-refractivity contribution in [3.63, 3.8) is 0 Å². The van der Waals surface area contributed by atoms with E-state index in [4.69, 9.17) is 4.74 Å². The average Bonchev–Trinajstić information content (AvgIpc) is 2.83. The van der Waals surface area contributed by atoms with Gasteiger partial charge >= 0.3 is 0 Å². The molecule has 1 aliphatic rings. The van der Waals surface area contributed by atoms with E-state index in [0.717, 1.165) is 44.8 Å². The molecular weight excluding hydrogens is 406 g/mol. The standard InChI is InChI=1S/C25H21N3O2S/c29-23(26-21-14-15-30-22-13-7-6-12-20(21)22)16-31-25-19-11-5-4-10-18(19)24(27-28-25)17-8-2-1-3-9-17/h1-13,21H,14-16H2,(H,26,29)/t21-/m0/s1. The Morgan fingerprint density at radius 2 is 1.68 bits per heavy atom. The molecule has 0 fully saturated rings. The molecule has 1 N–H and O–H groups in total. The quantitative estimate of drug-likeness (QED) is 0.453. The molecule has 1 amide bonds. The molecule has 154 valence electrons. The molecule has 1 aliphatic heterocycles. The maximum atomic E-state index is 12.7. The molecule has 0 saturated heterocycles. The first-order valence-corrected chi connectivity index (χ1v) is 11.2. The highest BCUT2D eigenvalue weighted by Crippen LogP contribution is 2.33. The van der Waals surface area contributed by atoms with Crippen LogP contribution in [0.15, 0.2) is 83.9 Å². The second kappa shape index (κ2) is 8.78. The number of fused-ring (bicyclic) bond motifs is 2. The molecule has 0 bridgehead atoms. The van der Waals surface area contributed by atoms with Crippen LogP contribution in [0.3, 0.4) is 0 Å². The highest BCUT2D eigenvalue weighted by atomic mass is 32.2. The third-order valence-electron chi connectivity index (χ3n) is 5.33. The van der Waals surface area contributed by atoms with Gasteiger partial charge in [-0.15, -0.1) is 10.2 Å². The van der Waals surface area contributed by atoms with E-state index in [1.165, 1.54) is 11.8 Å². The number of carbonyl (C=O) groups excluding carboxylic acids is 1. The van der Waals surface area contributed by atoms with Crippen molar-refractivity contribution >= 4 is 28.4 Å². The minimum atomic E-state index is -0.0265. The van der Waals surface area contributed by atoms with Gasteiger partial charge in [0.1, 0.15) is 16.5 Å². The van der Waals surface area contributed by atoms with Crippen molar-refractivity contribution in [1.29, 1.82) is 0 Å². The third-order valence-corrected chi connectivity index (χ3v) is 6.32. The van der Waals surface area contributed by atoms with E-state index < -0.39 is 0 Å². The van der Waals surface area contributed by atoms with Crippen LogP contribution in [0.4, 0.5) is 0 Å². The molecule has 0 radical (unpaired) electrons. The van der Waals surface area contributed by atoms with E-state index in [9.17, 15) is 4.79 Å². The summed E-state index contributed by atoms with van der Waals surface area (Å²) in [5, 5.41) is 14.9. The van der Waals surface area contributed by atoms with Crippen LogP contribution >= 0.6 is 11.8 Å². The van der Waals surface area contributed by atoms with Gasteiger partial charge in [-0.2, -0.15) is 0 Å².